The Kier molecular flexibility index (Phi) is 7.43. The number of fused-ring (bicyclic) bond motifs is 4. The van der Waals surface area contributed by atoms with E-state index in [-0.39, 0.29) is 0 Å². The van der Waals surface area contributed by atoms with Crippen LogP contribution >= 0.6 is 0 Å². The molecule has 0 aliphatic rings. The molecule has 0 radical (unpaired) electrons. The van der Waals surface area contributed by atoms with Crippen molar-refractivity contribution in [3.63, 3.8) is 0 Å². The third-order valence-corrected chi connectivity index (χ3v) is 9.90. The van der Waals surface area contributed by atoms with E-state index in [9.17, 15) is 0 Å². The van der Waals surface area contributed by atoms with E-state index in [1.54, 1.807) is 0 Å². The van der Waals surface area contributed by atoms with Crippen LogP contribution in [0.1, 0.15) is 0 Å². The van der Waals surface area contributed by atoms with Crippen molar-refractivity contribution in [2.45, 2.75) is 0 Å². The second-order valence-corrected chi connectivity index (χ2v) is 13.2. The van der Waals surface area contributed by atoms with E-state index in [4.69, 9.17) is 13.8 Å². The van der Waals surface area contributed by atoms with Crippen LogP contribution in [0.4, 0.5) is 17.1 Å². The van der Waals surface area contributed by atoms with Gasteiger partial charge in [-0.2, -0.15) is 0 Å². The first kappa shape index (κ1) is 30.6. The molecule has 10 rings (SSSR count). The van der Waals surface area contributed by atoms with Crippen LogP contribution in [0.3, 0.4) is 0 Å². The highest BCUT2D eigenvalue weighted by Gasteiger charge is 2.22. The zero-order valence-corrected chi connectivity index (χ0v) is 28.7. The highest BCUT2D eigenvalue weighted by Crippen LogP contribution is 2.44. The normalized spacial score (nSPS) is 11.4. The van der Waals surface area contributed by atoms with Crippen LogP contribution in [0, 0.1) is 0 Å². The molecule has 0 spiro atoms. The molecule has 2 aromatic heterocycles. The van der Waals surface area contributed by atoms with Gasteiger partial charge in [0.15, 0.2) is 5.58 Å². The van der Waals surface area contributed by atoms with Gasteiger partial charge >= 0.3 is 0 Å². The minimum atomic E-state index is 0.584. The third-order valence-electron chi connectivity index (χ3n) is 9.90. The molecular weight excluding hydrogens is 649 g/mol. The Labute approximate surface area is 306 Å². The van der Waals surface area contributed by atoms with Crippen LogP contribution < -0.4 is 4.90 Å². The Bertz CT molecular complexity index is 2860. The van der Waals surface area contributed by atoms with E-state index in [2.05, 4.69) is 150 Å². The van der Waals surface area contributed by atoms with Gasteiger partial charge in [-0.1, -0.05) is 127 Å². The minimum absolute atomic E-state index is 0.584. The lowest BCUT2D eigenvalue weighted by molar-refractivity contribution is 0.617. The second-order valence-electron chi connectivity index (χ2n) is 13.2. The highest BCUT2D eigenvalue weighted by atomic mass is 16.4. The maximum atomic E-state index is 6.39. The van der Waals surface area contributed by atoms with Crippen LogP contribution in [-0.4, -0.2) is 4.98 Å². The number of para-hydroxylation sites is 2. The van der Waals surface area contributed by atoms with Crippen LogP contribution in [0.5, 0.6) is 0 Å². The van der Waals surface area contributed by atoms with Gasteiger partial charge in [0.2, 0.25) is 5.89 Å². The van der Waals surface area contributed by atoms with E-state index < -0.39 is 0 Å². The standard InChI is InChI=1S/C49H32N2O2/c1-4-13-33(14-5-1)37-17-12-18-38(31-37)34-23-27-40(28-24-34)51(39-19-8-3-9-20-39)41-29-25-35(26-30-41)46-47-42-21-10-11-22-43(42)52-44(47)32-45-48(46)50-49(53-45)36-15-6-2-7-16-36/h1-32H. The zero-order chi connectivity index (χ0) is 35.1. The van der Waals surface area contributed by atoms with E-state index in [1.807, 2.05) is 48.5 Å². The largest absolute Gasteiger partial charge is 0.456 e. The number of nitrogens with zero attached hydrogens (tertiary/aromatic N) is 2. The van der Waals surface area contributed by atoms with Crippen molar-refractivity contribution in [2.24, 2.45) is 0 Å². The summed E-state index contributed by atoms with van der Waals surface area (Å²) in [6.45, 7) is 0. The first-order chi connectivity index (χ1) is 26.3. The van der Waals surface area contributed by atoms with Gasteiger partial charge < -0.3 is 13.7 Å². The summed E-state index contributed by atoms with van der Waals surface area (Å²) in [6.07, 6.45) is 0. The first-order valence-electron chi connectivity index (χ1n) is 17.8. The summed E-state index contributed by atoms with van der Waals surface area (Å²) in [5.41, 5.74) is 14.0. The van der Waals surface area contributed by atoms with Crippen molar-refractivity contribution in [2.75, 3.05) is 4.90 Å². The fourth-order valence-electron chi connectivity index (χ4n) is 7.37. The predicted molar refractivity (Wildman–Crippen MR) is 218 cm³/mol. The molecule has 2 heterocycles. The van der Waals surface area contributed by atoms with Gasteiger partial charge in [-0.3, -0.25) is 0 Å². The number of rotatable bonds is 7. The number of anilines is 3. The molecule has 0 aliphatic heterocycles. The summed E-state index contributed by atoms with van der Waals surface area (Å²) in [6, 6.07) is 67.5. The van der Waals surface area contributed by atoms with Crippen molar-refractivity contribution < 1.29 is 8.83 Å². The lowest BCUT2D eigenvalue weighted by Gasteiger charge is -2.26. The number of hydrogen-bond acceptors (Lipinski definition) is 4. The van der Waals surface area contributed by atoms with Crippen molar-refractivity contribution in [3.8, 4) is 44.8 Å². The fraction of sp³-hybridized carbons (Fsp3) is 0. The van der Waals surface area contributed by atoms with Gasteiger partial charge in [-0.05, 0) is 88.5 Å². The van der Waals surface area contributed by atoms with Gasteiger partial charge in [0.25, 0.3) is 0 Å². The molecule has 250 valence electrons. The Morgan fingerprint density at radius 1 is 0.358 bits per heavy atom. The summed E-state index contributed by atoms with van der Waals surface area (Å²) < 4.78 is 12.8. The molecule has 0 amide bonds. The molecule has 10 aromatic rings. The SMILES string of the molecule is c1ccc(-c2cccc(-c3ccc(N(c4ccccc4)c4ccc(-c5c6nc(-c7ccccc7)oc6cc6oc7ccccc7c56)cc4)cc3)c2)cc1. The molecule has 0 bridgehead atoms. The maximum absolute atomic E-state index is 6.39. The van der Waals surface area contributed by atoms with Crippen molar-refractivity contribution >= 4 is 50.1 Å². The number of oxazole rings is 1. The van der Waals surface area contributed by atoms with Gasteiger partial charge in [0.05, 0.1) is 0 Å². The van der Waals surface area contributed by atoms with E-state index >= 15 is 0 Å². The van der Waals surface area contributed by atoms with E-state index in [0.717, 1.165) is 61.2 Å². The molecule has 0 unspecified atom stereocenters. The highest BCUT2D eigenvalue weighted by molar-refractivity contribution is 6.19. The average molecular weight is 681 g/mol. The van der Waals surface area contributed by atoms with Gasteiger partial charge in [-0.15, -0.1) is 0 Å². The number of benzene rings is 8. The summed E-state index contributed by atoms with van der Waals surface area (Å²) in [5.74, 6) is 0.584. The molecule has 0 aliphatic carbocycles. The van der Waals surface area contributed by atoms with E-state index in [1.165, 1.54) is 22.3 Å². The second kappa shape index (κ2) is 12.9. The van der Waals surface area contributed by atoms with Gasteiger partial charge in [0, 0.05) is 45.0 Å². The van der Waals surface area contributed by atoms with Crippen LogP contribution in [0.2, 0.25) is 0 Å². The molecule has 8 aromatic carbocycles. The van der Waals surface area contributed by atoms with Gasteiger partial charge in [-0.25, -0.2) is 4.98 Å². The quantitative estimate of drug-likeness (QED) is 0.168. The smallest absolute Gasteiger partial charge is 0.227 e. The van der Waals surface area contributed by atoms with Crippen LogP contribution in [-0.2, 0) is 0 Å². The monoisotopic (exact) mass is 680 g/mol. The topological polar surface area (TPSA) is 42.4 Å². The molecule has 53 heavy (non-hydrogen) atoms. The van der Waals surface area contributed by atoms with E-state index in [0.29, 0.717) is 11.5 Å². The third kappa shape index (κ3) is 5.54. The molecule has 0 saturated heterocycles. The number of furan rings is 1. The average Bonchev–Trinajstić information content (AvgIpc) is 3.83. The molecule has 0 saturated carbocycles. The maximum Gasteiger partial charge on any atom is 0.227 e. The van der Waals surface area contributed by atoms with Gasteiger partial charge in [0.1, 0.15) is 16.7 Å². The summed E-state index contributed by atoms with van der Waals surface area (Å²) in [7, 11) is 0. The molecule has 0 fully saturated rings. The summed E-state index contributed by atoms with van der Waals surface area (Å²) in [5, 5.41) is 2.08. The van der Waals surface area contributed by atoms with Crippen molar-refractivity contribution in [1.82, 2.24) is 4.98 Å². The number of aromatic nitrogens is 1. The minimum Gasteiger partial charge on any atom is -0.456 e. The van der Waals surface area contributed by atoms with Crippen LogP contribution in [0.25, 0.3) is 77.9 Å². The molecule has 4 heteroatoms. The first-order valence-corrected chi connectivity index (χ1v) is 17.8. The van der Waals surface area contributed by atoms with Crippen molar-refractivity contribution in [3.05, 3.63) is 194 Å². The Hall–Kier alpha value is -7.17. The molecular formula is C49H32N2O2. The Morgan fingerprint density at radius 3 is 1.57 bits per heavy atom. The predicted octanol–water partition coefficient (Wildman–Crippen LogP) is 13.9. The Morgan fingerprint density at radius 2 is 0.887 bits per heavy atom. The number of hydrogen-bond donors (Lipinski definition) is 0. The van der Waals surface area contributed by atoms with Crippen molar-refractivity contribution in [1.29, 1.82) is 0 Å². The lowest BCUT2D eigenvalue weighted by Crippen LogP contribution is -2.09. The summed E-state index contributed by atoms with van der Waals surface area (Å²) in [4.78, 5) is 7.38. The Balaban J connectivity index is 1.07. The molecule has 4 nitrogen and oxygen atoms in total. The lowest BCUT2D eigenvalue weighted by atomic mass is 9.97. The summed E-state index contributed by atoms with van der Waals surface area (Å²) >= 11 is 0. The van der Waals surface area contributed by atoms with Crippen LogP contribution in [0.15, 0.2) is 203 Å². The molecule has 0 atom stereocenters. The fourth-order valence-corrected chi connectivity index (χ4v) is 7.37. The molecule has 0 N–H and O–H groups in total. The zero-order valence-electron chi connectivity index (χ0n) is 28.7.